The van der Waals surface area contributed by atoms with Crippen LogP contribution in [0.4, 0.5) is 10.2 Å². The van der Waals surface area contributed by atoms with Gasteiger partial charge < -0.3 is 20.1 Å². The van der Waals surface area contributed by atoms with Gasteiger partial charge in [0, 0.05) is 30.9 Å². The molecule has 176 valence electrons. The predicted octanol–water partition coefficient (Wildman–Crippen LogP) is 3.30. The third-order valence-electron chi connectivity index (χ3n) is 7.28. The summed E-state index contributed by atoms with van der Waals surface area (Å²) in [6.45, 7) is 0.697. The number of ether oxygens (including phenoxy) is 1. The van der Waals surface area contributed by atoms with Crippen molar-refractivity contribution >= 4 is 5.82 Å². The van der Waals surface area contributed by atoms with E-state index >= 15 is 0 Å². The Labute approximate surface area is 197 Å². The van der Waals surface area contributed by atoms with Gasteiger partial charge in [-0.15, -0.1) is 10.2 Å². The number of fused-ring (bicyclic) bond motifs is 3. The van der Waals surface area contributed by atoms with Crippen molar-refractivity contribution in [2.75, 3.05) is 18.6 Å². The van der Waals surface area contributed by atoms with Crippen LogP contribution in [0.3, 0.4) is 0 Å². The maximum absolute atomic E-state index is 14.9. The largest absolute Gasteiger partial charge is 0.507 e. The Morgan fingerprint density at radius 3 is 2.85 bits per heavy atom. The number of phenolic OH excluding ortho intramolecular Hbond substituents is 1. The highest BCUT2D eigenvalue weighted by molar-refractivity contribution is 5.73. The summed E-state index contributed by atoms with van der Waals surface area (Å²) in [5.74, 6) is 1.69. The zero-order chi connectivity index (χ0) is 23.2. The molecule has 2 saturated heterocycles. The van der Waals surface area contributed by atoms with E-state index in [1.54, 1.807) is 24.5 Å². The number of halogens is 1. The second-order valence-electron chi connectivity index (χ2n) is 9.40. The van der Waals surface area contributed by atoms with Crippen molar-refractivity contribution in [1.29, 1.82) is 0 Å². The molecule has 6 rings (SSSR count). The summed E-state index contributed by atoms with van der Waals surface area (Å²) < 4.78 is 20.6. The Hall–Kier alpha value is -3.33. The third kappa shape index (κ3) is 3.73. The molecule has 2 fully saturated rings. The Kier molecular flexibility index (Phi) is 5.28. The van der Waals surface area contributed by atoms with Gasteiger partial charge in [0.15, 0.2) is 11.6 Å². The van der Waals surface area contributed by atoms with E-state index < -0.39 is 6.17 Å². The number of hydrogen-bond donors (Lipinski definition) is 2. The van der Waals surface area contributed by atoms with E-state index in [0.717, 1.165) is 54.7 Å². The Morgan fingerprint density at radius 1 is 1.12 bits per heavy atom. The fourth-order valence-electron chi connectivity index (χ4n) is 5.34. The fraction of sp³-hybridized carbons (Fsp3) is 0.440. The molecule has 34 heavy (non-hydrogen) atoms. The first-order chi connectivity index (χ1) is 16.6. The second kappa shape index (κ2) is 8.47. The number of benzene rings is 1. The molecule has 4 atom stereocenters. The summed E-state index contributed by atoms with van der Waals surface area (Å²) in [5.41, 5.74) is 3.15. The average Bonchev–Trinajstić information content (AvgIpc) is 3.29. The van der Waals surface area contributed by atoms with E-state index in [-0.39, 0.29) is 17.8 Å². The van der Waals surface area contributed by atoms with Crippen LogP contribution in [0.15, 0.2) is 36.7 Å². The number of aryl methyl sites for hydroxylation is 1. The van der Waals surface area contributed by atoms with Crippen molar-refractivity contribution in [2.24, 2.45) is 0 Å². The van der Waals surface area contributed by atoms with Crippen LogP contribution in [0.1, 0.15) is 31.4 Å². The smallest absolute Gasteiger partial charge is 0.185 e. The number of phenols is 1. The molecule has 9 heteroatoms. The predicted molar refractivity (Wildman–Crippen MR) is 126 cm³/mol. The summed E-state index contributed by atoms with van der Waals surface area (Å²) in [4.78, 5) is 10.8. The van der Waals surface area contributed by atoms with Crippen LogP contribution in [-0.2, 0) is 6.42 Å². The third-order valence-corrected chi connectivity index (χ3v) is 7.28. The van der Waals surface area contributed by atoms with Crippen LogP contribution < -0.4 is 15.0 Å². The lowest BCUT2D eigenvalue weighted by atomic mass is 9.96. The molecule has 1 aromatic carbocycles. The number of anilines is 1. The molecule has 3 aliphatic heterocycles. The van der Waals surface area contributed by atoms with E-state index in [1.807, 2.05) is 24.1 Å². The van der Waals surface area contributed by atoms with E-state index in [0.29, 0.717) is 29.9 Å². The van der Waals surface area contributed by atoms with Gasteiger partial charge in [-0.2, -0.15) is 0 Å². The number of piperidine rings is 1. The van der Waals surface area contributed by atoms with Crippen LogP contribution in [0.25, 0.3) is 22.5 Å². The molecular weight excluding hydrogens is 435 g/mol. The zero-order valence-corrected chi connectivity index (χ0v) is 19.0. The highest BCUT2D eigenvalue weighted by atomic mass is 19.1. The van der Waals surface area contributed by atoms with Gasteiger partial charge in [0.05, 0.1) is 30.1 Å². The van der Waals surface area contributed by atoms with Gasteiger partial charge in [0.25, 0.3) is 0 Å². The van der Waals surface area contributed by atoms with Crippen molar-refractivity contribution in [3.8, 4) is 34.0 Å². The number of nitrogens with one attached hydrogen (secondary N) is 1. The molecule has 0 saturated carbocycles. The lowest BCUT2D eigenvalue weighted by molar-refractivity contribution is 0.176. The molecule has 0 radical (unpaired) electrons. The van der Waals surface area contributed by atoms with Gasteiger partial charge in [-0.05, 0) is 55.9 Å². The SMILES string of the molecule is CN(c1cnc(-c2ccc(-c3cnc4c(c3)OCCC4)cc2O)nn1)[C@@H]1C[C@H]2CC[C@@H](N2)[C@@H]1F. The molecule has 3 aromatic rings. The molecule has 2 aromatic heterocycles. The van der Waals surface area contributed by atoms with Gasteiger partial charge in [-0.1, -0.05) is 6.07 Å². The first-order valence-electron chi connectivity index (χ1n) is 11.8. The fourth-order valence-corrected chi connectivity index (χ4v) is 5.34. The minimum atomic E-state index is -0.953. The zero-order valence-electron chi connectivity index (χ0n) is 19.0. The van der Waals surface area contributed by atoms with E-state index in [1.165, 1.54) is 0 Å². The first-order valence-corrected chi connectivity index (χ1v) is 11.8. The van der Waals surface area contributed by atoms with Crippen molar-refractivity contribution in [3.63, 3.8) is 0 Å². The van der Waals surface area contributed by atoms with Crippen molar-refractivity contribution in [2.45, 2.75) is 56.4 Å². The molecule has 5 heterocycles. The Balaban J connectivity index is 1.21. The van der Waals surface area contributed by atoms with Crippen LogP contribution in [0.5, 0.6) is 11.5 Å². The van der Waals surface area contributed by atoms with Crippen LogP contribution in [0.2, 0.25) is 0 Å². The molecule has 3 aliphatic rings. The molecule has 0 aliphatic carbocycles. The van der Waals surface area contributed by atoms with Gasteiger partial charge in [-0.25, -0.2) is 9.37 Å². The van der Waals surface area contributed by atoms with Gasteiger partial charge >= 0.3 is 0 Å². The first kappa shape index (κ1) is 21.2. The number of hydrogen-bond acceptors (Lipinski definition) is 8. The molecule has 8 nitrogen and oxygen atoms in total. The lowest BCUT2D eigenvalue weighted by Gasteiger charge is -2.38. The van der Waals surface area contributed by atoms with Crippen molar-refractivity contribution in [3.05, 3.63) is 42.4 Å². The lowest BCUT2D eigenvalue weighted by Crippen LogP contribution is -2.55. The number of aromatic hydroxyl groups is 1. The number of aromatic nitrogens is 4. The number of pyridine rings is 1. The molecule has 2 N–H and O–H groups in total. The minimum Gasteiger partial charge on any atom is -0.507 e. The van der Waals surface area contributed by atoms with E-state index in [2.05, 4.69) is 25.5 Å². The number of rotatable bonds is 4. The highest BCUT2D eigenvalue weighted by Crippen LogP contribution is 2.35. The topological polar surface area (TPSA) is 96.3 Å². The summed E-state index contributed by atoms with van der Waals surface area (Å²) in [5, 5.41) is 22.6. The molecular formula is C25H27FN6O2. The maximum Gasteiger partial charge on any atom is 0.185 e. The quantitative estimate of drug-likeness (QED) is 0.610. The summed E-state index contributed by atoms with van der Waals surface area (Å²) >= 11 is 0. The normalized spacial score (nSPS) is 25.5. The molecule has 0 spiro atoms. The number of nitrogens with zero attached hydrogens (tertiary/aromatic N) is 5. The van der Waals surface area contributed by atoms with Crippen LogP contribution >= 0.6 is 0 Å². The van der Waals surface area contributed by atoms with Crippen molar-refractivity contribution < 1.29 is 14.2 Å². The summed E-state index contributed by atoms with van der Waals surface area (Å²) in [6, 6.07) is 7.32. The Morgan fingerprint density at radius 2 is 2.03 bits per heavy atom. The van der Waals surface area contributed by atoms with E-state index in [4.69, 9.17) is 4.74 Å². The summed E-state index contributed by atoms with van der Waals surface area (Å²) in [6.07, 6.45) is 6.97. The molecule has 2 bridgehead atoms. The second-order valence-corrected chi connectivity index (χ2v) is 9.40. The maximum atomic E-state index is 14.9. The monoisotopic (exact) mass is 462 g/mol. The van der Waals surface area contributed by atoms with E-state index in [9.17, 15) is 9.50 Å². The molecule has 0 amide bonds. The van der Waals surface area contributed by atoms with Crippen LogP contribution in [0, 0.1) is 0 Å². The van der Waals surface area contributed by atoms with Gasteiger partial charge in [0.2, 0.25) is 0 Å². The Bertz CT molecular complexity index is 1210. The number of alkyl halides is 1. The highest BCUT2D eigenvalue weighted by Gasteiger charge is 2.43. The molecule has 0 unspecified atom stereocenters. The standard InChI is InChI=1S/C25H27FN6O2/c1-32(20-11-16-5-7-19(29-16)24(20)26)23-13-28-25(31-30-23)17-6-4-14(9-21(17)33)15-10-22-18(27-12-15)3-2-8-34-22/h4,6,9-10,12-13,16,19-20,24,29,33H,2-3,5,7-8,11H2,1H3/t16-,19-,20-,24+/m1/s1. The minimum absolute atomic E-state index is 0.0535. The average molecular weight is 463 g/mol. The van der Waals surface area contributed by atoms with Gasteiger partial charge in [-0.3, -0.25) is 4.98 Å². The van der Waals surface area contributed by atoms with Gasteiger partial charge in [0.1, 0.15) is 17.7 Å². The van der Waals surface area contributed by atoms with Crippen molar-refractivity contribution in [1.82, 2.24) is 25.5 Å². The van der Waals surface area contributed by atoms with Crippen LogP contribution in [-0.4, -0.2) is 63.2 Å². The summed E-state index contributed by atoms with van der Waals surface area (Å²) in [7, 11) is 1.84.